The Balaban J connectivity index is 2.00. The molecule has 2 rings (SSSR count). The third kappa shape index (κ3) is 2.54. The molecule has 0 amide bonds. The van der Waals surface area contributed by atoms with Gasteiger partial charge in [0.15, 0.2) is 0 Å². The zero-order valence-electron chi connectivity index (χ0n) is 10.1. The first-order chi connectivity index (χ1) is 7.33. The van der Waals surface area contributed by atoms with E-state index in [-0.39, 0.29) is 0 Å². The lowest BCUT2D eigenvalue weighted by molar-refractivity contribution is 0.0587. The van der Waals surface area contributed by atoms with Crippen LogP contribution in [-0.4, -0.2) is 31.1 Å². The van der Waals surface area contributed by atoms with Crippen LogP contribution in [0, 0.1) is 11.8 Å². The molecule has 0 bridgehead atoms. The van der Waals surface area contributed by atoms with Crippen molar-refractivity contribution in [1.82, 2.24) is 4.90 Å². The maximum Gasteiger partial charge on any atom is 0.0161 e. The highest BCUT2D eigenvalue weighted by atomic mass is 15.1. The molecule has 2 heteroatoms. The Morgan fingerprint density at radius 3 is 2.47 bits per heavy atom. The number of piperidine rings is 1. The van der Waals surface area contributed by atoms with Crippen molar-refractivity contribution in [2.75, 3.05) is 20.1 Å². The predicted molar refractivity (Wildman–Crippen MR) is 64.8 cm³/mol. The summed E-state index contributed by atoms with van der Waals surface area (Å²) >= 11 is 0. The minimum Gasteiger partial charge on any atom is -0.330 e. The average Bonchev–Trinajstić information content (AvgIpc) is 2.29. The second-order valence-corrected chi connectivity index (χ2v) is 5.51. The van der Waals surface area contributed by atoms with Crippen LogP contribution in [-0.2, 0) is 0 Å². The van der Waals surface area contributed by atoms with Crippen LogP contribution >= 0.6 is 0 Å². The Morgan fingerprint density at radius 1 is 1.07 bits per heavy atom. The molecule has 2 fully saturated rings. The van der Waals surface area contributed by atoms with E-state index in [0.29, 0.717) is 0 Å². The average molecular weight is 210 g/mol. The summed E-state index contributed by atoms with van der Waals surface area (Å²) < 4.78 is 0. The van der Waals surface area contributed by atoms with Crippen molar-refractivity contribution < 1.29 is 0 Å². The predicted octanol–water partition coefficient (Wildman–Crippen LogP) is 2.24. The molecule has 1 saturated heterocycles. The van der Waals surface area contributed by atoms with E-state index in [0.717, 1.165) is 24.4 Å². The van der Waals surface area contributed by atoms with Crippen molar-refractivity contribution >= 4 is 0 Å². The van der Waals surface area contributed by atoms with Crippen molar-refractivity contribution in [3.63, 3.8) is 0 Å². The van der Waals surface area contributed by atoms with E-state index in [1.165, 1.54) is 51.5 Å². The molecule has 2 N–H and O–H groups in total. The third-order valence-electron chi connectivity index (χ3n) is 4.51. The molecule has 1 saturated carbocycles. The minimum absolute atomic E-state index is 0.770. The fourth-order valence-electron chi connectivity index (χ4n) is 3.76. The van der Waals surface area contributed by atoms with Crippen molar-refractivity contribution in [3.05, 3.63) is 0 Å². The topological polar surface area (TPSA) is 29.3 Å². The van der Waals surface area contributed by atoms with Crippen molar-refractivity contribution in [1.29, 1.82) is 0 Å². The normalized spacial score (nSPS) is 35.6. The Morgan fingerprint density at radius 2 is 1.80 bits per heavy atom. The second-order valence-electron chi connectivity index (χ2n) is 5.51. The monoisotopic (exact) mass is 210 g/mol. The molecule has 0 aromatic rings. The number of hydrogen-bond donors (Lipinski definition) is 1. The molecular formula is C13H26N2. The number of nitrogens with zero attached hydrogens (tertiary/aromatic N) is 1. The molecule has 88 valence electrons. The van der Waals surface area contributed by atoms with E-state index in [9.17, 15) is 0 Å². The summed E-state index contributed by atoms with van der Waals surface area (Å²) in [5.74, 6) is 1.71. The van der Waals surface area contributed by atoms with Gasteiger partial charge in [0.25, 0.3) is 0 Å². The molecule has 0 radical (unpaired) electrons. The standard InChI is InChI=1S/C13H26N2/c1-15-9-5-8-12(10-14)13(15)11-6-3-2-4-7-11/h11-13H,2-10,14H2,1H3/t12-,13-/m1/s1. The van der Waals surface area contributed by atoms with E-state index in [1.807, 2.05) is 0 Å². The lowest BCUT2D eigenvalue weighted by Crippen LogP contribution is -2.50. The van der Waals surface area contributed by atoms with Gasteiger partial charge in [-0.3, -0.25) is 0 Å². The van der Waals surface area contributed by atoms with E-state index in [2.05, 4.69) is 11.9 Å². The maximum absolute atomic E-state index is 5.94. The van der Waals surface area contributed by atoms with Crippen LogP contribution in [0.3, 0.4) is 0 Å². The first-order valence-electron chi connectivity index (χ1n) is 6.73. The van der Waals surface area contributed by atoms with Gasteiger partial charge in [-0.05, 0) is 57.7 Å². The number of likely N-dealkylation sites (tertiary alicyclic amines) is 1. The van der Waals surface area contributed by atoms with Crippen LogP contribution in [0.4, 0.5) is 0 Å². The summed E-state index contributed by atoms with van der Waals surface area (Å²) in [6.07, 6.45) is 9.97. The quantitative estimate of drug-likeness (QED) is 0.757. The lowest BCUT2D eigenvalue weighted by atomic mass is 9.75. The van der Waals surface area contributed by atoms with Gasteiger partial charge in [-0.1, -0.05) is 19.3 Å². The van der Waals surface area contributed by atoms with E-state index >= 15 is 0 Å². The van der Waals surface area contributed by atoms with E-state index < -0.39 is 0 Å². The van der Waals surface area contributed by atoms with Gasteiger partial charge >= 0.3 is 0 Å². The van der Waals surface area contributed by atoms with Crippen LogP contribution in [0.5, 0.6) is 0 Å². The first-order valence-corrected chi connectivity index (χ1v) is 6.73. The summed E-state index contributed by atoms with van der Waals surface area (Å²) in [4.78, 5) is 2.59. The largest absolute Gasteiger partial charge is 0.330 e. The molecule has 0 unspecified atom stereocenters. The zero-order chi connectivity index (χ0) is 10.7. The summed E-state index contributed by atoms with van der Waals surface area (Å²) in [5.41, 5.74) is 5.94. The molecule has 0 aromatic carbocycles. The van der Waals surface area contributed by atoms with E-state index in [4.69, 9.17) is 5.73 Å². The summed E-state index contributed by atoms with van der Waals surface area (Å²) in [5, 5.41) is 0. The second kappa shape index (κ2) is 5.31. The molecule has 2 aliphatic rings. The summed E-state index contributed by atoms with van der Waals surface area (Å²) in [6.45, 7) is 2.18. The van der Waals surface area contributed by atoms with Gasteiger partial charge in [-0.15, -0.1) is 0 Å². The highest BCUT2D eigenvalue weighted by molar-refractivity contribution is 4.89. The van der Waals surface area contributed by atoms with Gasteiger partial charge in [-0.2, -0.15) is 0 Å². The smallest absolute Gasteiger partial charge is 0.0161 e. The van der Waals surface area contributed by atoms with E-state index in [1.54, 1.807) is 0 Å². The van der Waals surface area contributed by atoms with Crippen LogP contribution in [0.2, 0.25) is 0 Å². The van der Waals surface area contributed by atoms with Gasteiger partial charge in [0.05, 0.1) is 0 Å². The number of rotatable bonds is 2. The minimum atomic E-state index is 0.770. The first kappa shape index (κ1) is 11.4. The molecule has 0 spiro atoms. The number of nitrogens with two attached hydrogens (primary N) is 1. The van der Waals surface area contributed by atoms with Crippen molar-refractivity contribution in [2.45, 2.75) is 51.0 Å². The zero-order valence-corrected chi connectivity index (χ0v) is 10.1. The molecule has 2 atom stereocenters. The molecule has 0 aromatic heterocycles. The molecule has 1 aliphatic heterocycles. The SMILES string of the molecule is CN1CCC[C@H](CN)[C@H]1C1CCCCC1. The third-order valence-corrected chi connectivity index (χ3v) is 4.51. The summed E-state index contributed by atoms with van der Waals surface area (Å²) in [7, 11) is 2.31. The Bertz CT molecular complexity index is 187. The van der Waals surface area contributed by atoms with Gasteiger partial charge in [0.2, 0.25) is 0 Å². The molecular weight excluding hydrogens is 184 g/mol. The van der Waals surface area contributed by atoms with Crippen molar-refractivity contribution in [3.8, 4) is 0 Å². The summed E-state index contributed by atoms with van der Waals surface area (Å²) in [6, 6.07) is 0.795. The van der Waals surface area contributed by atoms with Crippen LogP contribution in [0.25, 0.3) is 0 Å². The molecule has 1 heterocycles. The van der Waals surface area contributed by atoms with Gasteiger partial charge in [0.1, 0.15) is 0 Å². The Hall–Kier alpha value is -0.0800. The molecule has 15 heavy (non-hydrogen) atoms. The van der Waals surface area contributed by atoms with Crippen LogP contribution < -0.4 is 5.73 Å². The van der Waals surface area contributed by atoms with Gasteiger partial charge < -0.3 is 10.6 Å². The van der Waals surface area contributed by atoms with Crippen molar-refractivity contribution in [2.24, 2.45) is 17.6 Å². The lowest BCUT2D eigenvalue weighted by Gasteiger charge is -2.44. The maximum atomic E-state index is 5.94. The number of hydrogen-bond acceptors (Lipinski definition) is 2. The molecule has 1 aliphatic carbocycles. The fraction of sp³-hybridized carbons (Fsp3) is 1.00. The Kier molecular flexibility index (Phi) is 4.04. The van der Waals surface area contributed by atoms with Gasteiger partial charge in [0, 0.05) is 6.04 Å². The van der Waals surface area contributed by atoms with Crippen LogP contribution in [0.15, 0.2) is 0 Å². The highest BCUT2D eigenvalue weighted by Gasteiger charge is 2.34. The fourth-order valence-corrected chi connectivity index (χ4v) is 3.76. The molecule has 2 nitrogen and oxygen atoms in total. The van der Waals surface area contributed by atoms with Gasteiger partial charge in [-0.25, -0.2) is 0 Å². The Labute approximate surface area is 94.2 Å². The van der Waals surface area contributed by atoms with Crippen LogP contribution in [0.1, 0.15) is 44.9 Å². The highest BCUT2D eigenvalue weighted by Crippen LogP contribution is 2.35.